The van der Waals surface area contributed by atoms with E-state index >= 15 is 0 Å². The number of nitrogens with zero attached hydrogens (tertiary/aromatic N) is 4. The van der Waals surface area contributed by atoms with Gasteiger partial charge in [-0.25, -0.2) is 0 Å². The van der Waals surface area contributed by atoms with E-state index in [-0.39, 0.29) is 5.91 Å². The third-order valence-electron chi connectivity index (χ3n) is 5.39. The van der Waals surface area contributed by atoms with Gasteiger partial charge in [-0.2, -0.15) is 10.2 Å². The summed E-state index contributed by atoms with van der Waals surface area (Å²) in [6.07, 6.45) is 7.28. The summed E-state index contributed by atoms with van der Waals surface area (Å²) in [6, 6.07) is 15.6. The first kappa shape index (κ1) is 22.3. The fraction of sp³-hybridized carbons (Fsp3) is 0.269. The molecule has 0 saturated heterocycles. The fourth-order valence-electron chi connectivity index (χ4n) is 3.48. The van der Waals surface area contributed by atoms with Crippen LogP contribution in [0, 0.1) is 0 Å². The maximum atomic E-state index is 12.7. The molecular formula is C26H29N5O2. The topological polar surface area (TPSA) is 74.0 Å². The van der Waals surface area contributed by atoms with Crippen molar-refractivity contribution >= 4 is 11.6 Å². The lowest BCUT2D eigenvalue weighted by molar-refractivity contribution is 0.102. The highest BCUT2D eigenvalue weighted by Crippen LogP contribution is 2.20. The summed E-state index contributed by atoms with van der Waals surface area (Å²) in [5.74, 6) is 1.11. The van der Waals surface area contributed by atoms with Gasteiger partial charge >= 0.3 is 0 Å². The first-order valence-corrected chi connectivity index (χ1v) is 11.2. The van der Waals surface area contributed by atoms with Crippen molar-refractivity contribution in [2.24, 2.45) is 0 Å². The Kier molecular flexibility index (Phi) is 6.88. The van der Waals surface area contributed by atoms with Crippen LogP contribution in [-0.4, -0.2) is 25.5 Å². The van der Waals surface area contributed by atoms with Crippen LogP contribution < -0.4 is 10.1 Å². The van der Waals surface area contributed by atoms with Crippen molar-refractivity contribution in [3.63, 3.8) is 0 Å². The van der Waals surface area contributed by atoms with Crippen LogP contribution in [0.15, 0.2) is 73.3 Å². The quantitative estimate of drug-likeness (QED) is 0.390. The second-order valence-corrected chi connectivity index (χ2v) is 8.30. The van der Waals surface area contributed by atoms with Crippen molar-refractivity contribution < 1.29 is 9.53 Å². The lowest BCUT2D eigenvalue weighted by Crippen LogP contribution is -2.12. The van der Waals surface area contributed by atoms with E-state index in [1.807, 2.05) is 60.5 Å². The highest BCUT2D eigenvalue weighted by Gasteiger charge is 2.10. The third-order valence-corrected chi connectivity index (χ3v) is 5.39. The Balaban J connectivity index is 1.34. The van der Waals surface area contributed by atoms with Gasteiger partial charge in [0.15, 0.2) is 0 Å². The Labute approximate surface area is 194 Å². The van der Waals surface area contributed by atoms with Gasteiger partial charge in [0.1, 0.15) is 12.4 Å². The van der Waals surface area contributed by atoms with E-state index in [1.165, 1.54) is 5.56 Å². The van der Waals surface area contributed by atoms with Gasteiger partial charge in [0, 0.05) is 30.1 Å². The van der Waals surface area contributed by atoms with E-state index in [0.717, 1.165) is 23.4 Å². The number of aryl methyl sites for hydroxylation is 1. The summed E-state index contributed by atoms with van der Waals surface area (Å²) < 4.78 is 9.55. The Morgan fingerprint density at radius 3 is 2.52 bits per heavy atom. The smallest absolute Gasteiger partial charge is 0.255 e. The van der Waals surface area contributed by atoms with Crippen molar-refractivity contribution in [3.05, 3.63) is 95.6 Å². The molecule has 4 aromatic rings. The predicted octanol–water partition coefficient (Wildman–Crippen LogP) is 5.10. The molecule has 0 spiro atoms. The highest BCUT2D eigenvalue weighted by molar-refractivity contribution is 6.04. The minimum atomic E-state index is -0.184. The lowest BCUT2D eigenvalue weighted by atomic mass is 10.0. The molecule has 0 unspecified atom stereocenters. The Morgan fingerprint density at radius 1 is 1.00 bits per heavy atom. The number of anilines is 1. The number of benzene rings is 2. The van der Waals surface area contributed by atoms with Gasteiger partial charge in [-0.15, -0.1) is 0 Å². The standard InChI is InChI=1S/C26H29N5O2/c1-4-30-15-21(13-27-30)16-31-17-24(14-28-31)29-26(32)23-7-5-6-20(12-23)18-33-25-10-8-22(9-11-25)19(2)3/h5-15,17,19H,4,16,18H2,1-3H3,(H,29,32). The molecule has 1 N–H and O–H groups in total. The molecule has 0 radical (unpaired) electrons. The number of aromatic nitrogens is 4. The molecule has 0 fully saturated rings. The Morgan fingerprint density at radius 2 is 1.79 bits per heavy atom. The monoisotopic (exact) mass is 443 g/mol. The van der Waals surface area contributed by atoms with Crippen LogP contribution in [0.25, 0.3) is 0 Å². The van der Waals surface area contributed by atoms with Gasteiger partial charge < -0.3 is 10.1 Å². The fourth-order valence-corrected chi connectivity index (χ4v) is 3.48. The van der Waals surface area contributed by atoms with Gasteiger partial charge in [0.2, 0.25) is 0 Å². The van der Waals surface area contributed by atoms with E-state index in [2.05, 4.69) is 41.5 Å². The first-order chi connectivity index (χ1) is 16.0. The summed E-state index contributed by atoms with van der Waals surface area (Å²) in [6.45, 7) is 8.20. The molecule has 0 aliphatic rings. The predicted molar refractivity (Wildman–Crippen MR) is 128 cm³/mol. The van der Waals surface area contributed by atoms with Crippen molar-refractivity contribution in [2.45, 2.75) is 46.4 Å². The maximum absolute atomic E-state index is 12.7. The zero-order valence-electron chi connectivity index (χ0n) is 19.2. The number of rotatable bonds is 9. The number of ether oxygens (including phenoxy) is 1. The van der Waals surface area contributed by atoms with Crippen molar-refractivity contribution in [3.8, 4) is 5.75 Å². The molecule has 2 aromatic carbocycles. The number of nitrogens with one attached hydrogen (secondary N) is 1. The Bertz CT molecular complexity index is 1210. The third kappa shape index (κ3) is 5.88. The molecule has 0 bridgehead atoms. The number of carbonyl (C=O) groups excluding carboxylic acids is 1. The summed E-state index contributed by atoms with van der Waals surface area (Å²) in [5, 5.41) is 11.5. The van der Waals surface area contributed by atoms with Crippen molar-refractivity contribution in [1.29, 1.82) is 0 Å². The highest BCUT2D eigenvalue weighted by atomic mass is 16.5. The van der Waals surface area contributed by atoms with Gasteiger partial charge in [-0.05, 0) is 48.2 Å². The van der Waals surface area contributed by atoms with E-state index in [9.17, 15) is 4.79 Å². The van der Waals surface area contributed by atoms with Gasteiger partial charge in [0.05, 0.1) is 24.6 Å². The van der Waals surface area contributed by atoms with Crippen LogP contribution in [0.1, 0.15) is 53.7 Å². The molecular weight excluding hydrogens is 414 g/mol. The van der Waals surface area contributed by atoms with Gasteiger partial charge in [-0.3, -0.25) is 14.2 Å². The largest absolute Gasteiger partial charge is 0.489 e. The zero-order valence-corrected chi connectivity index (χ0v) is 19.2. The second-order valence-electron chi connectivity index (χ2n) is 8.30. The van der Waals surface area contributed by atoms with Crippen LogP contribution in [0.2, 0.25) is 0 Å². The van der Waals surface area contributed by atoms with Gasteiger partial charge in [-0.1, -0.05) is 38.1 Å². The summed E-state index contributed by atoms with van der Waals surface area (Å²) in [4.78, 5) is 12.7. The van der Waals surface area contributed by atoms with Crippen LogP contribution in [0.4, 0.5) is 5.69 Å². The number of hydrogen-bond acceptors (Lipinski definition) is 4. The van der Waals surface area contributed by atoms with E-state index in [4.69, 9.17) is 4.74 Å². The normalized spacial score (nSPS) is 11.0. The number of amides is 1. The van der Waals surface area contributed by atoms with Crippen molar-refractivity contribution in [2.75, 3.05) is 5.32 Å². The number of hydrogen-bond donors (Lipinski definition) is 1. The average Bonchev–Trinajstić information content (AvgIpc) is 3.47. The van der Waals surface area contributed by atoms with Gasteiger partial charge in [0.25, 0.3) is 5.91 Å². The SMILES string of the molecule is CCn1cc(Cn2cc(NC(=O)c3cccc(COc4ccc(C(C)C)cc4)c3)cn2)cn1. The molecule has 2 heterocycles. The molecule has 2 aromatic heterocycles. The van der Waals surface area contributed by atoms with E-state index < -0.39 is 0 Å². The minimum Gasteiger partial charge on any atom is -0.489 e. The second kappa shape index (κ2) is 10.2. The average molecular weight is 444 g/mol. The maximum Gasteiger partial charge on any atom is 0.255 e. The van der Waals surface area contributed by atoms with Crippen LogP contribution in [0.5, 0.6) is 5.75 Å². The molecule has 4 rings (SSSR count). The summed E-state index contributed by atoms with van der Waals surface area (Å²) >= 11 is 0. The van der Waals surface area contributed by atoms with Crippen LogP contribution in [0.3, 0.4) is 0 Å². The van der Waals surface area contributed by atoms with E-state index in [1.54, 1.807) is 16.9 Å². The van der Waals surface area contributed by atoms with Crippen LogP contribution in [-0.2, 0) is 19.7 Å². The van der Waals surface area contributed by atoms with Crippen molar-refractivity contribution in [1.82, 2.24) is 19.6 Å². The molecule has 0 atom stereocenters. The molecule has 0 aliphatic carbocycles. The summed E-state index contributed by atoms with van der Waals surface area (Å²) in [5.41, 5.74) is 4.49. The number of carbonyl (C=O) groups is 1. The Hall–Kier alpha value is -3.87. The molecule has 0 saturated carbocycles. The molecule has 170 valence electrons. The van der Waals surface area contributed by atoms with Crippen LogP contribution >= 0.6 is 0 Å². The lowest BCUT2D eigenvalue weighted by Gasteiger charge is -2.10. The van der Waals surface area contributed by atoms with E-state index in [0.29, 0.717) is 30.3 Å². The molecule has 0 aliphatic heterocycles. The molecule has 33 heavy (non-hydrogen) atoms. The zero-order chi connectivity index (χ0) is 23.2. The molecule has 7 nitrogen and oxygen atoms in total. The minimum absolute atomic E-state index is 0.184. The first-order valence-electron chi connectivity index (χ1n) is 11.2. The molecule has 1 amide bonds. The molecule has 7 heteroatoms. The summed E-state index contributed by atoms with van der Waals surface area (Å²) in [7, 11) is 0.